The van der Waals surface area contributed by atoms with E-state index in [-0.39, 0.29) is 5.78 Å². The van der Waals surface area contributed by atoms with E-state index in [1.165, 1.54) is 0 Å². The van der Waals surface area contributed by atoms with E-state index >= 15 is 0 Å². The molecule has 3 aromatic heterocycles. The van der Waals surface area contributed by atoms with Crippen molar-refractivity contribution < 1.29 is 9.53 Å². The van der Waals surface area contributed by atoms with E-state index in [1.54, 1.807) is 18.3 Å². The number of nitrogens with zero attached hydrogens (tertiary/aromatic N) is 4. The Morgan fingerprint density at radius 1 is 1.00 bits per heavy atom. The first kappa shape index (κ1) is 28.2. The number of aromatic nitrogens is 4. The fourth-order valence-electron chi connectivity index (χ4n) is 5.32. The van der Waals surface area contributed by atoms with Crippen molar-refractivity contribution in [1.82, 2.24) is 19.7 Å². The summed E-state index contributed by atoms with van der Waals surface area (Å²) in [6.45, 7) is 9.52. The summed E-state index contributed by atoms with van der Waals surface area (Å²) in [6, 6.07) is 20.1. The van der Waals surface area contributed by atoms with Crippen LogP contribution in [0.5, 0.6) is 0 Å². The van der Waals surface area contributed by atoms with Crippen LogP contribution in [0.25, 0.3) is 54.1 Å². The maximum absolute atomic E-state index is 13.1. The number of ketones is 1. The molecule has 0 spiro atoms. The normalized spacial score (nSPS) is 12.7. The molecule has 6 rings (SSSR count). The molecule has 0 aliphatic heterocycles. The Bertz CT molecular complexity index is 1970. The lowest BCUT2D eigenvalue weighted by molar-refractivity contribution is -0.138. The fraction of sp³-hybridized carbons (Fsp3) is 0.235. The van der Waals surface area contributed by atoms with Crippen molar-refractivity contribution in [2.24, 2.45) is 7.05 Å². The van der Waals surface area contributed by atoms with Gasteiger partial charge in [-0.1, -0.05) is 29.8 Å². The van der Waals surface area contributed by atoms with Gasteiger partial charge in [-0.25, -0.2) is 4.98 Å². The Morgan fingerprint density at radius 2 is 1.74 bits per heavy atom. The highest BCUT2D eigenvalue weighted by molar-refractivity contribution is 7.22. The average Bonchev–Trinajstić information content (AvgIpc) is 3.54. The number of hydrogen-bond acceptors (Lipinski definition) is 6. The molecule has 0 saturated carbocycles. The van der Waals surface area contributed by atoms with E-state index in [1.807, 2.05) is 82.1 Å². The third kappa shape index (κ3) is 5.36. The standard InChI is InChI=1S/C34H31ClN4O2S/c1-19-15-27-32(30(21-7-10-25(35)11-8-21)29(19)31(20(2)40)41-34(3,4)5)42-33(38-27)23-13-14-36-26(17-23)22-9-12-28-24(16-22)18-37-39(28)6/h7-18,31H,1-6H3/t31-/m1/s1. The third-order valence-corrected chi connectivity index (χ3v) is 8.60. The highest BCUT2D eigenvalue weighted by Gasteiger charge is 2.30. The van der Waals surface area contributed by atoms with Crippen molar-refractivity contribution in [3.8, 4) is 33.0 Å². The van der Waals surface area contributed by atoms with Gasteiger partial charge in [-0.2, -0.15) is 5.10 Å². The van der Waals surface area contributed by atoms with Crippen molar-refractivity contribution in [2.45, 2.75) is 46.3 Å². The van der Waals surface area contributed by atoms with Crippen LogP contribution in [0.2, 0.25) is 5.02 Å². The molecule has 0 bridgehead atoms. The maximum Gasteiger partial charge on any atom is 0.163 e. The molecular weight excluding hydrogens is 564 g/mol. The maximum atomic E-state index is 13.1. The number of rotatable bonds is 6. The largest absolute Gasteiger partial charge is 0.360 e. The quantitative estimate of drug-likeness (QED) is 0.192. The number of aryl methyl sites for hydroxylation is 2. The van der Waals surface area contributed by atoms with E-state index < -0.39 is 11.7 Å². The summed E-state index contributed by atoms with van der Waals surface area (Å²) in [4.78, 5) is 22.8. The zero-order valence-corrected chi connectivity index (χ0v) is 26.0. The zero-order chi connectivity index (χ0) is 29.8. The molecule has 0 fully saturated rings. The number of thiazole rings is 1. The minimum atomic E-state index is -0.722. The predicted molar refractivity (Wildman–Crippen MR) is 172 cm³/mol. The highest BCUT2D eigenvalue weighted by Crippen LogP contribution is 2.44. The van der Waals surface area contributed by atoms with Gasteiger partial charge in [0.1, 0.15) is 11.1 Å². The molecule has 0 radical (unpaired) electrons. The van der Waals surface area contributed by atoms with E-state index in [0.717, 1.165) is 65.2 Å². The van der Waals surface area contributed by atoms with Gasteiger partial charge in [0.05, 0.1) is 33.2 Å². The van der Waals surface area contributed by atoms with Crippen LogP contribution in [0.3, 0.4) is 0 Å². The molecule has 6 aromatic rings. The number of benzene rings is 3. The van der Waals surface area contributed by atoms with Gasteiger partial charge in [0.2, 0.25) is 0 Å². The van der Waals surface area contributed by atoms with Gasteiger partial charge in [0, 0.05) is 45.9 Å². The van der Waals surface area contributed by atoms with Crippen molar-refractivity contribution in [1.29, 1.82) is 0 Å². The summed E-state index contributed by atoms with van der Waals surface area (Å²) < 4.78 is 9.24. The minimum absolute atomic E-state index is 0.0447. The Labute approximate surface area is 254 Å². The number of Topliss-reactive ketones (excluding diaryl/α,β-unsaturated/α-hetero) is 1. The highest BCUT2D eigenvalue weighted by atomic mass is 35.5. The van der Waals surface area contributed by atoms with Gasteiger partial charge in [-0.3, -0.25) is 14.5 Å². The summed E-state index contributed by atoms with van der Waals surface area (Å²) in [5.74, 6) is -0.0447. The Hall–Kier alpha value is -3.91. The Kier molecular flexibility index (Phi) is 7.21. The first-order valence-corrected chi connectivity index (χ1v) is 14.9. The van der Waals surface area contributed by atoms with Crippen LogP contribution in [0.1, 0.15) is 44.9 Å². The van der Waals surface area contributed by atoms with Crippen LogP contribution in [0.4, 0.5) is 0 Å². The predicted octanol–water partition coefficient (Wildman–Crippen LogP) is 8.99. The average molecular weight is 595 g/mol. The molecule has 0 amide bonds. The summed E-state index contributed by atoms with van der Waals surface area (Å²) in [7, 11) is 1.94. The molecule has 0 aliphatic carbocycles. The molecule has 6 nitrogen and oxygen atoms in total. The number of carbonyl (C=O) groups excluding carboxylic acids is 1. The molecule has 42 heavy (non-hydrogen) atoms. The lowest BCUT2D eigenvalue weighted by Gasteiger charge is -2.29. The number of fused-ring (bicyclic) bond motifs is 2. The van der Waals surface area contributed by atoms with Crippen LogP contribution >= 0.6 is 22.9 Å². The van der Waals surface area contributed by atoms with Crippen LogP contribution in [-0.2, 0) is 16.6 Å². The van der Waals surface area contributed by atoms with Gasteiger partial charge in [0.15, 0.2) is 5.78 Å². The van der Waals surface area contributed by atoms with Gasteiger partial charge in [-0.15, -0.1) is 11.3 Å². The van der Waals surface area contributed by atoms with Gasteiger partial charge in [-0.05, 0) is 88.2 Å². The van der Waals surface area contributed by atoms with E-state index in [0.29, 0.717) is 5.02 Å². The molecule has 212 valence electrons. The smallest absolute Gasteiger partial charge is 0.163 e. The molecule has 0 N–H and O–H groups in total. The number of halogens is 1. The topological polar surface area (TPSA) is 69.9 Å². The number of pyridine rings is 1. The van der Waals surface area contributed by atoms with Crippen LogP contribution in [0, 0.1) is 6.92 Å². The third-order valence-electron chi connectivity index (χ3n) is 7.21. The molecule has 8 heteroatoms. The molecule has 1 atom stereocenters. The lowest BCUT2D eigenvalue weighted by Crippen LogP contribution is -2.27. The fourth-order valence-corrected chi connectivity index (χ4v) is 6.57. The summed E-state index contributed by atoms with van der Waals surface area (Å²) in [5.41, 5.74) is 8.01. The molecule has 3 heterocycles. The molecule has 0 aliphatic rings. The van der Waals surface area contributed by atoms with E-state index in [9.17, 15) is 4.79 Å². The second-order valence-electron chi connectivity index (χ2n) is 11.5. The molecule has 0 saturated heterocycles. The van der Waals surface area contributed by atoms with Crippen molar-refractivity contribution in [3.05, 3.63) is 89.2 Å². The Balaban J connectivity index is 1.53. The first-order valence-electron chi connectivity index (χ1n) is 13.8. The van der Waals surface area contributed by atoms with Crippen molar-refractivity contribution >= 4 is 49.8 Å². The number of carbonyl (C=O) groups is 1. The van der Waals surface area contributed by atoms with Crippen LogP contribution in [-0.4, -0.2) is 31.1 Å². The minimum Gasteiger partial charge on any atom is -0.360 e. The van der Waals surface area contributed by atoms with Crippen LogP contribution in [0.15, 0.2) is 73.1 Å². The summed E-state index contributed by atoms with van der Waals surface area (Å²) in [6.07, 6.45) is 2.97. The lowest BCUT2D eigenvalue weighted by atomic mass is 9.90. The van der Waals surface area contributed by atoms with Gasteiger partial charge < -0.3 is 4.74 Å². The SMILES string of the molecule is CC(=O)[C@@H](OC(C)(C)C)c1c(C)cc2nc(-c3ccnc(-c4ccc5c(cnn5C)c4)c3)sc2c1-c1ccc(Cl)cc1. The van der Waals surface area contributed by atoms with E-state index in [2.05, 4.69) is 40.4 Å². The van der Waals surface area contributed by atoms with Crippen molar-refractivity contribution in [3.63, 3.8) is 0 Å². The molecule has 3 aromatic carbocycles. The van der Waals surface area contributed by atoms with Crippen LogP contribution < -0.4 is 0 Å². The second-order valence-corrected chi connectivity index (χ2v) is 13.0. The summed E-state index contributed by atoms with van der Waals surface area (Å²) >= 11 is 7.88. The Morgan fingerprint density at radius 3 is 2.45 bits per heavy atom. The number of hydrogen-bond donors (Lipinski definition) is 0. The monoisotopic (exact) mass is 594 g/mol. The second kappa shape index (κ2) is 10.7. The molecule has 0 unspecified atom stereocenters. The zero-order valence-electron chi connectivity index (χ0n) is 24.4. The summed E-state index contributed by atoms with van der Waals surface area (Å²) in [5, 5.41) is 6.95. The number of ether oxygens (including phenoxy) is 1. The molecular formula is C34H31ClN4O2S. The first-order chi connectivity index (χ1) is 20.0. The van der Waals surface area contributed by atoms with E-state index in [4.69, 9.17) is 21.3 Å². The van der Waals surface area contributed by atoms with Gasteiger partial charge >= 0.3 is 0 Å². The van der Waals surface area contributed by atoms with Crippen molar-refractivity contribution in [2.75, 3.05) is 0 Å². The van der Waals surface area contributed by atoms with Gasteiger partial charge in [0.25, 0.3) is 0 Å².